The maximum Gasteiger partial charge on any atom is 0.472 e. The van der Waals surface area contributed by atoms with E-state index < -0.39 is 7.82 Å². The van der Waals surface area contributed by atoms with E-state index in [1.807, 2.05) is 0 Å². The number of hydrogen-bond donors (Lipinski definition) is 1. The maximum absolute atomic E-state index is 12.1. The second kappa shape index (κ2) is 11.6. The Morgan fingerprint density at radius 1 is 0.875 bits per heavy atom. The van der Waals surface area contributed by atoms with Gasteiger partial charge in [-0.25, -0.2) is 4.57 Å². The van der Waals surface area contributed by atoms with E-state index in [0.29, 0.717) is 38.3 Å². The summed E-state index contributed by atoms with van der Waals surface area (Å²) in [6, 6.07) is 0. The van der Waals surface area contributed by atoms with Crippen LogP contribution in [0.25, 0.3) is 0 Å². The van der Waals surface area contributed by atoms with Gasteiger partial charge in [-0.3, -0.25) is 9.05 Å². The van der Waals surface area contributed by atoms with Crippen LogP contribution in [0.15, 0.2) is 0 Å². The summed E-state index contributed by atoms with van der Waals surface area (Å²) in [4.78, 5) is 9.86. The van der Waals surface area contributed by atoms with Gasteiger partial charge in [0.05, 0.1) is 51.8 Å². The van der Waals surface area contributed by atoms with Crippen molar-refractivity contribution in [3.05, 3.63) is 0 Å². The average molecular weight is 368 g/mol. The van der Waals surface area contributed by atoms with E-state index in [2.05, 4.69) is 27.7 Å². The number of phosphoric acid groups is 1. The first-order chi connectivity index (χ1) is 11.3. The van der Waals surface area contributed by atoms with E-state index in [1.54, 1.807) is 0 Å². The van der Waals surface area contributed by atoms with Crippen molar-refractivity contribution in [2.75, 3.05) is 39.6 Å². The Morgan fingerprint density at radius 3 is 1.67 bits per heavy atom. The second-order valence-electron chi connectivity index (χ2n) is 6.92. The lowest BCUT2D eigenvalue weighted by Gasteiger charge is -2.24. The summed E-state index contributed by atoms with van der Waals surface area (Å²) in [5.41, 5.74) is 0. The van der Waals surface area contributed by atoms with Gasteiger partial charge in [-0.15, -0.1) is 0 Å². The van der Waals surface area contributed by atoms with Gasteiger partial charge < -0.3 is 19.1 Å². The van der Waals surface area contributed by atoms with Crippen molar-refractivity contribution >= 4 is 7.82 Å². The smallest absolute Gasteiger partial charge is 0.377 e. The van der Waals surface area contributed by atoms with Gasteiger partial charge in [-0.2, -0.15) is 0 Å². The lowest BCUT2D eigenvalue weighted by Crippen LogP contribution is -2.27. The summed E-state index contributed by atoms with van der Waals surface area (Å²) >= 11 is 0. The van der Waals surface area contributed by atoms with E-state index in [-0.39, 0.29) is 25.4 Å². The average Bonchev–Trinajstić information content (AvgIpc) is 2.47. The van der Waals surface area contributed by atoms with Crippen LogP contribution in [-0.2, 0) is 27.8 Å². The number of rotatable bonds is 4. The molecule has 1 N–H and O–H groups in total. The second-order valence-corrected chi connectivity index (χ2v) is 8.37. The van der Waals surface area contributed by atoms with Crippen LogP contribution in [0.3, 0.4) is 0 Å². The first-order valence-corrected chi connectivity index (χ1v) is 10.2. The van der Waals surface area contributed by atoms with Crippen LogP contribution in [0.4, 0.5) is 0 Å². The summed E-state index contributed by atoms with van der Waals surface area (Å²) in [6.07, 6.45) is 0.949. The molecule has 1 rings (SSSR count). The molecule has 24 heavy (non-hydrogen) atoms. The van der Waals surface area contributed by atoms with Crippen LogP contribution in [-0.4, -0.2) is 56.7 Å². The van der Waals surface area contributed by atoms with Crippen molar-refractivity contribution in [3.8, 4) is 0 Å². The van der Waals surface area contributed by atoms with E-state index in [9.17, 15) is 9.46 Å². The Morgan fingerprint density at radius 2 is 1.29 bits per heavy atom. The molecule has 0 aromatic carbocycles. The van der Waals surface area contributed by atoms with E-state index in [0.717, 1.165) is 12.8 Å². The summed E-state index contributed by atoms with van der Waals surface area (Å²) in [5, 5.41) is 0. The van der Waals surface area contributed by atoms with Gasteiger partial charge in [-0.05, 0) is 24.7 Å². The predicted octanol–water partition coefficient (Wildman–Crippen LogP) is 3.01. The molecule has 0 amide bonds. The molecule has 1 aliphatic heterocycles. The lowest BCUT2D eigenvalue weighted by atomic mass is 10.1. The first-order valence-electron chi connectivity index (χ1n) is 8.71. The van der Waals surface area contributed by atoms with Crippen LogP contribution >= 0.6 is 7.82 Å². The van der Waals surface area contributed by atoms with E-state index in [4.69, 9.17) is 23.3 Å². The summed E-state index contributed by atoms with van der Waals surface area (Å²) in [5.74, 6) is 0.780. The highest BCUT2D eigenvalue weighted by Gasteiger charge is 2.26. The monoisotopic (exact) mass is 368 g/mol. The van der Waals surface area contributed by atoms with Crippen LogP contribution < -0.4 is 0 Å². The molecule has 0 aromatic heterocycles. The third-order valence-corrected chi connectivity index (χ3v) is 4.43. The molecule has 1 fully saturated rings. The van der Waals surface area contributed by atoms with Gasteiger partial charge in [0.15, 0.2) is 0 Å². The minimum absolute atomic E-state index is 0.0155. The van der Waals surface area contributed by atoms with E-state index in [1.165, 1.54) is 0 Å². The third kappa shape index (κ3) is 10.8. The normalized spacial score (nSPS) is 32.0. The molecule has 1 saturated heterocycles. The van der Waals surface area contributed by atoms with Gasteiger partial charge in [0.25, 0.3) is 0 Å². The topological polar surface area (TPSA) is 83.5 Å². The fraction of sp³-hybridized carbons (Fsp3) is 1.00. The number of hydrogen-bond acceptors (Lipinski definition) is 6. The molecule has 8 heteroatoms. The Kier molecular flexibility index (Phi) is 10.6. The molecule has 0 aromatic rings. The van der Waals surface area contributed by atoms with Crippen molar-refractivity contribution in [3.63, 3.8) is 0 Å². The summed E-state index contributed by atoms with van der Waals surface area (Å²) < 4.78 is 39.1. The number of ether oxygens (including phenoxy) is 3. The number of phosphoric ester groups is 1. The minimum Gasteiger partial charge on any atom is -0.377 e. The maximum atomic E-state index is 12.1. The van der Waals surface area contributed by atoms with Crippen LogP contribution in [0.2, 0.25) is 0 Å². The summed E-state index contributed by atoms with van der Waals surface area (Å²) in [7, 11) is -4.12. The molecule has 2 unspecified atom stereocenters. The van der Waals surface area contributed by atoms with Crippen LogP contribution in [0.1, 0.15) is 40.5 Å². The van der Waals surface area contributed by atoms with Crippen molar-refractivity contribution in [1.29, 1.82) is 0 Å². The predicted molar refractivity (Wildman–Crippen MR) is 90.9 cm³/mol. The zero-order valence-electron chi connectivity index (χ0n) is 15.3. The summed E-state index contributed by atoms with van der Waals surface area (Å²) in [6.45, 7) is 10.0. The van der Waals surface area contributed by atoms with Crippen LogP contribution in [0.5, 0.6) is 0 Å². The quantitative estimate of drug-likeness (QED) is 0.764. The van der Waals surface area contributed by atoms with Crippen molar-refractivity contribution in [2.45, 2.75) is 52.7 Å². The molecule has 0 spiro atoms. The highest BCUT2D eigenvalue weighted by Crippen LogP contribution is 2.44. The molecular weight excluding hydrogens is 335 g/mol. The van der Waals surface area contributed by atoms with Gasteiger partial charge in [-0.1, -0.05) is 27.7 Å². The third-order valence-electron chi connectivity index (χ3n) is 3.48. The van der Waals surface area contributed by atoms with Gasteiger partial charge in [0.2, 0.25) is 0 Å². The highest BCUT2D eigenvalue weighted by molar-refractivity contribution is 7.47. The molecule has 0 radical (unpaired) electrons. The molecule has 0 aliphatic carbocycles. The minimum atomic E-state index is -4.12. The Bertz CT molecular complexity index is 345. The molecule has 3 atom stereocenters. The fourth-order valence-electron chi connectivity index (χ4n) is 2.46. The molecule has 7 nitrogen and oxygen atoms in total. The largest absolute Gasteiger partial charge is 0.472 e. The SMILES string of the molecule is CC(C)CC1COP(=O)(O)OC[C@H](CC(C)C)OCCOCCO1. The molecular formula is C16H33O7P. The Hall–Kier alpha value is -0.0100. The van der Waals surface area contributed by atoms with Gasteiger partial charge in [0.1, 0.15) is 0 Å². The van der Waals surface area contributed by atoms with Crippen molar-refractivity contribution < 1.29 is 32.7 Å². The standard InChI is InChI=1S/C16H33O7P/c1-13(2)9-15-11-22-24(17,18)23-12-16(10-14(3)4)21-8-6-19-5-7-20-15/h13-16H,5-12H2,1-4H3,(H,17,18)/t15-,16?/m0/s1. The Balaban J connectivity index is 2.63. The van der Waals surface area contributed by atoms with Crippen LogP contribution in [0, 0.1) is 11.8 Å². The molecule has 144 valence electrons. The molecule has 1 aliphatic rings. The van der Waals surface area contributed by atoms with Gasteiger partial charge in [0, 0.05) is 0 Å². The van der Waals surface area contributed by atoms with Gasteiger partial charge >= 0.3 is 7.82 Å². The first kappa shape index (κ1) is 22.0. The van der Waals surface area contributed by atoms with Crippen molar-refractivity contribution in [1.82, 2.24) is 0 Å². The molecule has 1 heterocycles. The Labute approximate surface area is 145 Å². The molecule has 0 saturated carbocycles. The zero-order chi connectivity index (χ0) is 18.0. The fourth-order valence-corrected chi connectivity index (χ4v) is 3.25. The molecule has 0 bridgehead atoms. The zero-order valence-corrected chi connectivity index (χ0v) is 16.2. The van der Waals surface area contributed by atoms with Crippen molar-refractivity contribution in [2.24, 2.45) is 11.8 Å². The lowest BCUT2D eigenvalue weighted by molar-refractivity contribution is -0.0614. The highest BCUT2D eigenvalue weighted by atomic mass is 31.2. The van der Waals surface area contributed by atoms with E-state index >= 15 is 0 Å².